The number of amides is 3. The van der Waals surface area contributed by atoms with Crippen molar-refractivity contribution >= 4 is 23.7 Å². The molecule has 42 heavy (non-hydrogen) atoms. The Labute approximate surface area is 245 Å². The highest BCUT2D eigenvalue weighted by molar-refractivity contribution is 5.90. The lowest BCUT2D eigenvalue weighted by atomic mass is 9.93. The van der Waals surface area contributed by atoms with Gasteiger partial charge >= 0.3 is 5.97 Å². The minimum absolute atomic E-state index is 0.0283. The van der Waals surface area contributed by atoms with Gasteiger partial charge in [0, 0.05) is 38.4 Å². The van der Waals surface area contributed by atoms with E-state index in [9.17, 15) is 24.3 Å². The zero-order chi connectivity index (χ0) is 30.5. The first-order valence-corrected chi connectivity index (χ1v) is 14.4. The van der Waals surface area contributed by atoms with E-state index in [2.05, 4.69) is 20.6 Å². The van der Waals surface area contributed by atoms with Crippen molar-refractivity contribution in [1.29, 1.82) is 0 Å². The highest BCUT2D eigenvalue weighted by atomic mass is 16.5. The van der Waals surface area contributed by atoms with Crippen LogP contribution in [0.2, 0.25) is 0 Å². The molecule has 230 valence electrons. The summed E-state index contributed by atoms with van der Waals surface area (Å²) in [6, 6.07) is 5.84. The van der Waals surface area contributed by atoms with E-state index in [0.29, 0.717) is 57.3 Å². The van der Waals surface area contributed by atoms with Crippen LogP contribution in [0.3, 0.4) is 0 Å². The van der Waals surface area contributed by atoms with Crippen LogP contribution >= 0.6 is 0 Å². The second-order valence-electron chi connectivity index (χ2n) is 10.6. The standard InChI is InChI=1S/C29H43N7O6/c1-42-25-11-7-13-36(24(25)16-26(37)34-23(29(40)41)15-20-17-32-18-33-20)28(39)22(10-5-6-12-30)35-27(38)21(31)14-19-8-3-2-4-9-19/h2-4,8-9,17-18,21-25H,5-7,10-16,30-31H2,1H3,(H,32,33)(H,34,37)(H,35,38)(H,40,41)/t21-,22-,23-,24+,25+/m0/s1. The van der Waals surface area contributed by atoms with Crippen LogP contribution in [0.5, 0.6) is 0 Å². The van der Waals surface area contributed by atoms with E-state index >= 15 is 0 Å². The molecule has 3 rings (SSSR count). The maximum absolute atomic E-state index is 14.0. The molecule has 1 fully saturated rings. The Morgan fingerprint density at radius 2 is 1.90 bits per heavy atom. The van der Waals surface area contributed by atoms with Crippen molar-refractivity contribution < 1.29 is 29.0 Å². The molecule has 1 aliphatic rings. The number of ether oxygens (including phenoxy) is 1. The molecule has 5 atom stereocenters. The van der Waals surface area contributed by atoms with Crippen molar-refractivity contribution in [2.24, 2.45) is 11.5 Å². The van der Waals surface area contributed by atoms with E-state index in [0.717, 1.165) is 5.56 Å². The number of nitrogens with one attached hydrogen (secondary N) is 3. The highest BCUT2D eigenvalue weighted by Gasteiger charge is 2.39. The molecule has 8 N–H and O–H groups in total. The van der Waals surface area contributed by atoms with Gasteiger partial charge in [-0.1, -0.05) is 30.3 Å². The molecule has 0 unspecified atom stereocenters. The van der Waals surface area contributed by atoms with Crippen molar-refractivity contribution in [3.8, 4) is 0 Å². The molecule has 2 heterocycles. The largest absolute Gasteiger partial charge is 0.480 e. The zero-order valence-electron chi connectivity index (χ0n) is 24.0. The molecule has 1 aromatic carbocycles. The summed E-state index contributed by atoms with van der Waals surface area (Å²) in [7, 11) is 1.52. The number of hydrogen-bond donors (Lipinski definition) is 6. The maximum Gasteiger partial charge on any atom is 0.326 e. The van der Waals surface area contributed by atoms with Crippen molar-refractivity contribution in [1.82, 2.24) is 25.5 Å². The number of unbranched alkanes of at least 4 members (excludes halogenated alkanes) is 1. The van der Waals surface area contributed by atoms with Gasteiger partial charge in [0.1, 0.15) is 12.1 Å². The summed E-state index contributed by atoms with van der Waals surface area (Å²) in [6.45, 7) is 0.816. The number of rotatable bonds is 16. The lowest BCUT2D eigenvalue weighted by Crippen LogP contribution is -2.60. The monoisotopic (exact) mass is 585 g/mol. The second kappa shape index (κ2) is 16.6. The van der Waals surface area contributed by atoms with Crippen molar-refractivity contribution in [2.75, 3.05) is 20.2 Å². The van der Waals surface area contributed by atoms with Gasteiger partial charge in [-0.15, -0.1) is 0 Å². The molecule has 13 heteroatoms. The number of nitrogens with zero attached hydrogens (tertiary/aromatic N) is 2. The predicted molar refractivity (Wildman–Crippen MR) is 155 cm³/mol. The number of aromatic nitrogens is 2. The lowest BCUT2D eigenvalue weighted by molar-refractivity contribution is -0.147. The van der Waals surface area contributed by atoms with Gasteiger partial charge in [-0.25, -0.2) is 9.78 Å². The second-order valence-corrected chi connectivity index (χ2v) is 10.6. The number of methoxy groups -OCH3 is 1. The number of likely N-dealkylation sites (tertiary alicyclic amines) is 1. The number of carbonyl (C=O) groups excluding carboxylic acids is 3. The average Bonchev–Trinajstić information content (AvgIpc) is 3.49. The highest BCUT2D eigenvalue weighted by Crippen LogP contribution is 2.24. The molecule has 3 amide bonds. The SMILES string of the molecule is CO[C@@H]1CCCN(C(=O)[C@H](CCCCN)NC(=O)[C@@H](N)Cc2ccccc2)[C@@H]1CC(=O)N[C@@H](Cc1cnc[nH]1)C(=O)O. The van der Waals surface area contributed by atoms with Crippen LogP contribution in [0.4, 0.5) is 0 Å². The van der Waals surface area contributed by atoms with Gasteiger partial charge in [0.2, 0.25) is 17.7 Å². The molecule has 2 aromatic rings. The smallest absolute Gasteiger partial charge is 0.326 e. The summed E-state index contributed by atoms with van der Waals surface area (Å²) in [4.78, 5) is 60.3. The van der Waals surface area contributed by atoms with E-state index in [1.54, 1.807) is 4.90 Å². The van der Waals surface area contributed by atoms with Crippen LogP contribution in [0, 0.1) is 0 Å². The summed E-state index contributed by atoms with van der Waals surface area (Å²) < 4.78 is 5.66. The number of aromatic amines is 1. The van der Waals surface area contributed by atoms with E-state index in [4.69, 9.17) is 16.2 Å². The normalized spacial score (nSPS) is 19.0. The first kappa shape index (κ1) is 32.7. The molecule has 0 radical (unpaired) electrons. The Kier molecular flexibility index (Phi) is 12.9. The first-order valence-electron chi connectivity index (χ1n) is 14.4. The zero-order valence-corrected chi connectivity index (χ0v) is 24.0. The number of nitrogens with two attached hydrogens (primary N) is 2. The van der Waals surface area contributed by atoms with E-state index in [1.165, 1.54) is 19.6 Å². The predicted octanol–water partition coefficient (Wildman–Crippen LogP) is 0.102. The molecule has 1 saturated heterocycles. The van der Waals surface area contributed by atoms with Gasteiger partial charge in [-0.2, -0.15) is 0 Å². The number of carboxylic acid groups (broad SMARTS) is 1. The molecule has 13 nitrogen and oxygen atoms in total. The number of carbonyl (C=O) groups is 4. The number of carboxylic acids is 1. The molecule has 1 aromatic heterocycles. The van der Waals surface area contributed by atoms with Gasteiger partial charge in [-0.3, -0.25) is 14.4 Å². The van der Waals surface area contributed by atoms with Crippen molar-refractivity contribution in [3.63, 3.8) is 0 Å². The third-order valence-electron chi connectivity index (χ3n) is 7.51. The van der Waals surface area contributed by atoms with Crippen LogP contribution in [0.1, 0.15) is 49.8 Å². The molecular weight excluding hydrogens is 542 g/mol. The van der Waals surface area contributed by atoms with Gasteiger partial charge < -0.3 is 41.8 Å². The van der Waals surface area contributed by atoms with E-state index < -0.39 is 48.1 Å². The van der Waals surface area contributed by atoms with Crippen LogP contribution in [0.25, 0.3) is 0 Å². The maximum atomic E-state index is 14.0. The summed E-state index contributed by atoms with van der Waals surface area (Å²) in [5.41, 5.74) is 13.3. The van der Waals surface area contributed by atoms with E-state index in [1.807, 2.05) is 30.3 Å². The molecule has 0 spiro atoms. The van der Waals surface area contributed by atoms with Crippen LogP contribution in [-0.4, -0.2) is 94.1 Å². The summed E-state index contributed by atoms with van der Waals surface area (Å²) in [5.74, 6) is -2.49. The van der Waals surface area contributed by atoms with Gasteiger partial charge in [0.25, 0.3) is 0 Å². The minimum Gasteiger partial charge on any atom is -0.480 e. The number of imidazole rings is 1. The topological polar surface area (TPSA) is 206 Å². The third kappa shape index (κ3) is 9.64. The quantitative estimate of drug-likeness (QED) is 0.148. The Morgan fingerprint density at radius 3 is 2.55 bits per heavy atom. The van der Waals surface area contributed by atoms with Crippen LogP contribution < -0.4 is 22.1 Å². The fraction of sp³-hybridized carbons (Fsp3) is 0.552. The minimum atomic E-state index is -1.19. The number of hydrogen-bond acceptors (Lipinski definition) is 8. The summed E-state index contributed by atoms with van der Waals surface area (Å²) in [6.07, 6.45) is 5.60. The van der Waals surface area contributed by atoms with Gasteiger partial charge in [0.05, 0.1) is 24.5 Å². The number of H-pyrrole nitrogens is 1. The number of benzene rings is 1. The molecule has 0 saturated carbocycles. The molecule has 0 bridgehead atoms. The molecular formula is C29H43N7O6. The molecule has 1 aliphatic heterocycles. The fourth-order valence-electron chi connectivity index (χ4n) is 5.26. The van der Waals surface area contributed by atoms with Crippen LogP contribution in [-0.2, 0) is 36.8 Å². The molecule has 0 aliphatic carbocycles. The Morgan fingerprint density at radius 1 is 1.14 bits per heavy atom. The fourth-order valence-corrected chi connectivity index (χ4v) is 5.26. The first-order chi connectivity index (χ1) is 20.2. The summed E-state index contributed by atoms with van der Waals surface area (Å²) >= 11 is 0. The summed E-state index contributed by atoms with van der Waals surface area (Å²) in [5, 5.41) is 15.1. The third-order valence-corrected chi connectivity index (χ3v) is 7.51. The van der Waals surface area contributed by atoms with E-state index in [-0.39, 0.29) is 18.7 Å². The Hall–Kier alpha value is -3.81. The Bertz CT molecular complexity index is 1150. The van der Waals surface area contributed by atoms with Gasteiger partial charge in [-0.05, 0) is 50.6 Å². The number of aliphatic carboxylic acids is 1. The van der Waals surface area contributed by atoms with Crippen molar-refractivity contribution in [3.05, 3.63) is 54.1 Å². The Balaban J connectivity index is 1.73. The lowest BCUT2D eigenvalue weighted by Gasteiger charge is -2.42. The van der Waals surface area contributed by atoms with Gasteiger partial charge in [0.15, 0.2) is 0 Å². The average molecular weight is 586 g/mol. The van der Waals surface area contributed by atoms with Crippen molar-refractivity contribution in [2.45, 2.75) is 81.6 Å². The van der Waals surface area contributed by atoms with Crippen LogP contribution in [0.15, 0.2) is 42.9 Å². The number of piperidine rings is 1.